The Bertz CT molecular complexity index is 1050. The molecule has 1 aromatic heterocycles. The molecule has 1 aliphatic heterocycles. The molecule has 0 amide bonds. The molecular weight excluding hydrogens is 352 g/mol. The average molecular weight is 376 g/mol. The van der Waals surface area contributed by atoms with Crippen LogP contribution in [0, 0.1) is 13.8 Å². The van der Waals surface area contributed by atoms with Crippen molar-refractivity contribution >= 4 is 11.6 Å². The van der Waals surface area contributed by atoms with Crippen LogP contribution in [0.4, 0.5) is 11.6 Å². The van der Waals surface area contributed by atoms with Crippen LogP contribution in [0.3, 0.4) is 0 Å². The number of para-hydroxylation sites is 2. The van der Waals surface area contributed by atoms with Gasteiger partial charge in [0.2, 0.25) is 5.95 Å². The molecule has 0 aliphatic carbocycles. The van der Waals surface area contributed by atoms with Gasteiger partial charge in [0.25, 0.3) is 5.56 Å². The minimum absolute atomic E-state index is 0.00755. The highest BCUT2D eigenvalue weighted by molar-refractivity contribution is 5.58. The molecule has 0 radical (unpaired) electrons. The molecule has 0 unspecified atom stereocenters. The Morgan fingerprint density at radius 2 is 1.71 bits per heavy atom. The lowest BCUT2D eigenvalue weighted by molar-refractivity contribution is 0.187. The summed E-state index contributed by atoms with van der Waals surface area (Å²) in [6.45, 7) is 5.53. The van der Waals surface area contributed by atoms with Crippen LogP contribution < -0.4 is 15.2 Å². The topological polar surface area (TPSA) is 50.6 Å². The summed E-state index contributed by atoms with van der Waals surface area (Å²) in [5.41, 5.74) is 3.57. The fourth-order valence-electron chi connectivity index (χ4n) is 3.56. The third-order valence-electron chi connectivity index (χ3n) is 5.20. The highest BCUT2D eigenvalue weighted by Gasteiger charge is 2.27. The van der Waals surface area contributed by atoms with Crippen LogP contribution in [-0.4, -0.2) is 28.2 Å². The average Bonchev–Trinajstić information content (AvgIpc) is 2.73. The first-order valence-corrected chi connectivity index (χ1v) is 9.33. The quantitative estimate of drug-likeness (QED) is 0.698. The molecule has 2 heterocycles. The van der Waals surface area contributed by atoms with Gasteiger partial charge >= 0.3 is 0 Å². The Morgan fingerprint density at radius 1 is 1.00 bits per heavy atom. The van der Waals surface area contributed by atoms with Crippen molar-refractivity contribution in [2.75, 3.05) is 18.7 Å². The third kappa shape index (κ3) is 3.27. The number of rotatable bonds is 4. The van der Waals surface area contributed by atoms with E-state index >= 15 is 0 Å². The number of aryl methyl sites for hydroxylation is 1. The van der Waals surface area contributed by atoms with Gasteiger partial charge in [-0.15, -0.1) is 0 Å². The van der Waals surface area contributed by atoms with Gasteiger partial charge in [-0.1, -0.05) is 36.4 Å². The van der Waals surface area contributed by atoms with Crippen LogP contribution in [0.15, 0.2) is 59.4 Å². The molecule has 0 fully saturated rings. The van der Waals surface area contributed by atoms with Gasteiger partial charge in [0.15, 0.2) is 0 Å². The van der Waals surface area contributed by atoms with E-state index in [2.05, 4.69) is 15.9 Å². The van der Waals surface area contributed by atoms with E-state index in [1.54, 1.807) is 11.7 Å². The molecule has 0 atom stereocenters. The van der Waals surface area contributed by atoms with E-state index in [1.165, 1.54) is 0 Å². The number of fused-ring (bicyclic) bond motifs is 1. The summed E-state index contributed by atoms with van der Waals surface area (Å²) < 4.78 is 7.26. The number of benzene rings is 2. The molecule has 0 bridgehead atoms. The summed E-state index contributed by atoms with van der Waals surface area (Å²) in [4.78, 5) is 22.0. The van der Waals surface area contributed by atoms with E-state index < -0.39 is 0 Å². The summed E-state index contributed by atoms with van der Waals surface area (Å²) in [5.74, 6) is 1.54. The standard InChI is InChI=1S/C22H24N4O2/c1-16-17(2)23-22-25(19-10-5-4-6-11-19)14-24(15-26(22)21(16)27)13-18-9-7-8-12-20(18)28-3/h4-12H,13-15H2,1-3H3. The SMILES string of the molecule is COc1ccccc1CN1CN(c2ccccc2)c2nc(C)c(C)c(=O)n2C1. The minimum Gasteiger partial charge on any atom is -0.496 e. The third-order valence-corrected chi connectivity index (χ3v) is 5.20. The van der Waals surface area contributed by atoms with Crippen LogP contribution in [-0.2, 0) is 13.2 Å². The van der Waals surface area contributed by atoms with Crippen molar-refractivity contribution in [1.29, 1.82) is 0 Å². The Morgan fingerprint density at radius 3 is 2.46 bits per heavy atom. The van der Waals surface area contributed by atoms with Gasteiger partial charge in [0, 0.05) is 29.1 Å². The summed E-state index contributed by atoms with van der Waals surface area (Å²) in [6.07, 6.45) is 0. The molecule has 4 rings (SSSR count). The lowest BCUT2D eigenvalue weighted by Gasteiger charge is -2.38. The lowest BCUT2D eigenvalue weighted by Crippen LogP contribution is -2.47. The number of hydrogen-bond donors (Lipinski definition) is 0. The second-order valence-corrected chi connectivity index (χ2v) is 7.04. The molecule has 0 N–H and O–H groups in total. The van der Waals surface area contributed by atoms with Crippen LogP contribution >= 0.6 is 0 Å². The number of hydrogen-bond acceptors (Lipinski definition) is 5. The van der Waals surface area contributed by atoms with Crippen molar-refractivity contribution in [2.24, 2.45) is 0 Å². The van der Waals surface area contributed by atoms with E-state index in [0.717, 1.165) is 22.7 Å². The molecule has 2 aromatic carbocycles. The maximum absolute atomic E-state index is 13.0. The first-order chi connectivity index (χ1) is 13.6. The Labute approximate surface area is 164 Å². The molecule has 1 aliphatic rings. The Balaban J connectivity index is 1.77. The second kappa shape index (κ2) is 7.48. The van der Waals surface area contributed by atoms with E-state index in [4.69, 9.17) is 9.72 Å². The fraction of sp³-hybridized carbons (Fsp3) is 0.273. The maximum Gasteiger partial charge on any atom is 0.259 e. The molecule has 0 spiro atoms. The first-order valence-electron chi connectivity index (χ1n) is 9.33. The molecule has 6 heteroatoms. The molecular formula is C22H24N4O2. The Hall–Kier alpha value is -3.12. The highest BCUT2D eigenvalue weighted by Crippen LogP contribution is 2.29. The van der Waals surface area contributed by atoms with Crippen molar-refractivity contribution in [1.82, 2.24) is 14.5 Å². The summed E-state index contributed by atoms with van der Waals surface area (Å²) >= 11 is 0. The molecule has 3 aromatic rings. The van der Waals surface area contributed by atoms with Gasteiger partial charge < -0.3 is 4.74 Å². The predicted octanol–water partition coefficient (Wildman–Crippen LogP) is 3.44. The first kappa shape index (κ1) is 18.3. The molecule has 144 valence electrons. The highest BCUT2D eigenvalue weighted by atomic mass is 16.5. The van der Waals surface area contributed by atoms with Gasteiger partial charge in [0.05, 0.1) is 20.4 Å². The van der Waals surface area contributed by atoms with Crippen molar-refractivity contribution in [2.45, 2.75) is 27.1 Å². The number of methoxy groups -OCH3 is 1. The van der Waals surface area contributed by atoms with Crippen molar-refractivity contribution < 1.29 is 4.74 Å². The zero-order chi connectivity index (χ0) is 19.7. The van der Waals surface area contributed by atoms with Crippen LogP contribution in [0.1, 0.15) is 16.8 Å². The summed E-state index contributed by atoms with van der Waals surface area (Å²) in [7, 11) is 1.68. The van der Waals surface area contributed by atoms with E-state index in [9.17, 15) is 4.79 Å². The van der Waals surface area contributed by atoms with Gasteiger partial charge in [-0.2, -0.15) is 0 Å². The molecule has 28 heavy (non-hydrogen) atoms. The van der Waals surface area contributed by atoms with Crippen molar-refractivity contribution in [3.05, 3.63) is 81.8 Å². The molecule has 6 nitrogen and oxygen atoms in total. The van der Waals surface area contributed by atoms with Gasteiger partial charge in [0.1, 0.15) is 5.75 Å². The summed E-state index contributed by atoms with van der Waals surface area (Å²) in [6, 6.07) is 18.1. The van der Waals surface area contributed by atoms with Crippen molar-refractivity contribution in [3.63, 3.8) is 0 Å². The predicted molar refractivity (Wildman–Crippen MR) is 110 cm³/mol. The van der Waals surface area contributed by atoms with Crippen LogP contribution in [0.25, 0.3) is 0 Å². The normalized spacial score (nSPS) is 14.0. The fourth-order valence-corrected chi connectivity index (χ4v) is 3.56. The lowest BCUT2D eigenvalue weighted by atomic mass is 10.2. The van der Waals surface area contributed by atoms with Crippen LogP contribution in [0.2, 0.25) is 0 Å². The van der Waals surface area contributed by atoms with E-state index in [0.29, 0.717) is 31.4 Å². The maximum atomic E-state index is 13.0. The van der Waals surface area contributed by atoms with Crippen LogP contribution in [0.5, 0.6) is 5.75 Å². The zero-order valence-corrected chi connectivity index (χ0v) is 16.4. The van der Waals surface area contributed by atoms with Gasteiger partial charge in [-0.05, 0) is 32.0 Å². The summed E-state index contributed by atoms with van der Waals surface area (Å²) in [5, 5.41) is 0. The second-order valence-electron chi connectivity index (χ2n) is 7.04. The number of ether oxygens (including phenoxy) is 1. The van der Waals surface area contributed by atoms with Gasteiger partial charge in [-0.25, -0.2) is 4.98 Å². The van der Waals surface area contributed by atoms with Crippen molar-refractivity contribution in [3.8, 4) is 5.75 Å². The van der Waals surface area contributed by atoms with E-state index in [-0.39, 0.29) is 5.56 Å². The largest absolute Gasteiger partial charge is 0.496 e. The number of anilines is 2. The monoisotopic (exact) mass is 376 g/mol. The zero-order valence-electron chi connectivity index (χ0n) is 16.4. The molecule has 0 saturated heterocycles. The molecule has 0 saturated carbocycles. The Kier molecular flexibility index (Phi) is 4.88. The smallest absolute Gasteiger partial charge is 0.259 e. The van der Waals surface area contributed by atoms with Gasteiger partial charge in [-0.3, -0.25) is 19.2 Å². The number of aromatic nitrogens is 2. The van der Waals surface area contributed by atoms with E-state index in [1.807, 2.05) is 62.4 Å². The minimum atomic E-state index is 0.00755. The number of nitrogens with zero attached hydrogens (tertiary/aromatic N) is 4.